The Morgan fingerprint density at radius 2 is 2.22 bits per heavy atom. The van der Waals surface area contributed by atoms with Gasteiger partial charge in [0.15, 0.2) is 0 Å². The largest absolute Gasteiger partial charge is 0.506 e. The molecule has 0 fully saturated rings. The zero-order valence-electron chi connectivity index (χ0n) is 10.4. The Labute approximate surface area is 106 Å². The summed E-state index contributed by atoms with van der Waals surface area (Å²) in [6.45, 7) is 1.14. The minimum absolute atomic E-state index is 0.0929. The summed E-state index contributed by atoms with van der Waals surface area (Å²) in [5, 5.41) is 15.2. The second kappa shape index (κ2) is 6.83. The van der Waals surface area contributed by atoms with Crippen LogP contribution in [-0.4, -0.2) is 37.2 Å². The number of benzene rings is 1. The maximum absolute atomic E-state index is 11.9. The highest BCUT2D eigenvalue weighted by molar-refractivity contribution is 5.95. The Hall–Kier alpha value is -1.79. The molecule has 6 heteroatoms. The van der Waals surface area contributed by atoms with Crippen LogP contribution in [0.5, 0.6) is 5.75 Å². The molecule has 1 amide bonds. The standard InChI is InChI=1S/C12H20N4O2/c1-15-5-4-9(7-13)16-12(18)8-2-3-10(14)11(17)6-8/h2-3,6,9,15,17H,4-5,7,13-14H2,1H3,(H,16,18). The first kappa shape index (κ1) is 14.3. The van der Waals surface area contributed by atoms with E-state index >= 15 is 0 Å². The van der Waals surface area contributed by atoms with E-state index in [2.05, 4.69) is 10.6 Å². The van der Waals surface area contributed by atoms with Gasteiger partial charge in [-0.1, -0.05) is 0 Å². The molecule has 0 heterocycles. The summed E-state index contributed by atoms with van der Waals surface area (Å²) in [7, 11) is 1.84. The van der Waals surface area contributed by atoms with Crippen LogP contribution in [0.4, 0.5) is 5.69 Å². The van der Waals surface area contributed by atoms with Crippen molar-refractivity contribution < 1.29 is 9.90 Å². The summed E-state index contributed by atoms with van der Waals surface area (Å²) >= 11 is 0. The number of aromatic hydroxyl groups is 1. The predicted octanol–water partition coefficient (Wildman–Crippen LogP) is -0.359. The van der Waals surface area contributed by atoms with E-state index in [-0.39, 0.29) is 23.4 Å². The quantitative estimate of drug-likeness (QED) is 0.350. The van der Waals surface area contributed by atoms with Gasteiger partial charge in [-0.25, -0.2) is 0 Å². The van der Waals surface area contributed by atoms with Crippen LogP contribution in [0, 0.1) is 0 Å². The molecular formula is C12H20N4O2. The van der Waals surface area contributed by atoms with Gasteiger partial charge >= 0.3 is 0 Å². The molecule has 1 rings (SSSR count). The van der Waals surface area contributed by atoms with Gasteiger partial charge < -0.3 is 27.2 Å². The number of phenolic OH excluding ortho intramolecular Hbond substituents is 1. The van der Waals surface area contributed by atoms with Gasteiger partial charge in [0, 0.05) is 18.2 Å². The number of carbonyl (C=O) groups excluding carboxylic acids is 1. The average Bonchev–Trinajstić information content (AvgIpc) is 2.37. The number of phenols is 1. The summed E-state index contributed by atoms with van der Waals surface area (Å²) < 4.78 is 0. The van der Waals surface area contributed by atoms with E-state index in [1.165, 1.54) is 12.1 Å². The predicted molar refractivity (Wildman–Crippen MR) is 71.4 cm³/mol. The highest BCUT2D eigenvalue weighted by atomic mass is 16.3. The molecule has 100 valence electrons. The van der Waals surface area contributed by atoms with Gasteiger partial charge in [-0.2, -0.15) is 0 Å². The fourth-order valence-corrected chi connectivity index (χ4v) is 1.52. The molecule has 1 aromatic rings. The summed E-state index contributed by atoms with van der Waals surface area (Å²) in [6.07, 6.45) is 0.750. The Morgan fingerprint density at radius 3 is 2.78 bits per heavy atom. The molecule has 18 heavy (non-hydrogen) atoms. The normalized spacial score (nSPS) is 12.1. The van der Waals surface area contributed by atoms with Crippen molar-refractivity contribution in [3.8, 4) is 5.75 Å². The molecule has 1 atom stereocenters. The topological polar surface area (TPSA) is 113 Å². The van der Waals surface area contributed by atoms with Gasteiger partial charge in [-0.05, 0) is 38.2 Å². The van der Waals surface area contributed by atoms with Crippen LogP contribution in [-0.2, 0) is 0 Å². The molecule has 1 unspecified atom stereocenters. The molecule has 6 nitrogen and oxygen atoms in total. The minimum atomic E-state index is -0.267. The van der Waals surface area contributed by atoms with Gasteiger partial charge in [0.25, 0.3) is 5.91 Å². The van der Waals surface area contributed by atoms with Crippen molar-refractivity contribution in [1.29, 1.82) is 0 Å². The third kappa shape index (κ3) is 3.90. The zero-order valence-corrected chi connectivity index (χ0v) is 10.4. The maximum atomic E-state index is 11.9. The van der Waals surface area contributed by atoms with Gasteiger partial charge in [0.05, 0.1) is 5.69 Å². The third-order valence-electron chi connectivity index (χ3n) is 2.66. The number of carbonyl (C=O) groups is 1. The molecule has 0 aliphatic heterocycles. The lowest BCUT2D eigenvalue weighted by molar-refractivity contribution is 0.0936. The fourth-order valence-electron chi connectivity index (χ4n) is 1.52. The first-order chi connectivity index (χ1) is 8.58. The van der Waals surface area contributed by atoms with Crippen LogP contribution in [0.2, 0.25) is 0 Å². The molecular weight excluding hydrogens is 232 g/mol. The molecule has 0 saturated carbocycles. The van der Waals surface area contributed by atoms with E-state index < -0.39 is 0 Å². The number of rotatable bonds is 6. The van der Waals surface area contributed by atoms with Gasteiger partial charge in [-0.15, -0.1) is 0 Å². The third-order valence-corrected chi connectivity index (χ3v) is 2.66. The Kier molecular flexibility index (Phi) is 5.41. The van der Waals surface area contributed by atoms with E-state index in [0.29, 0.717) is 12.1 Å². The van der Waals surface area contributed by atoms with Crippen molar-refractivity contribution >= 4 is 11.6 Å². The molecule has 0 saturated heterocycles. The van der Waals surface area contributed by atoms with E-state index in [0.717, 1.165) is 13.0 Å². The number of anilines is 1. The van der Waals surface area contributed by atoms with Crippen LogP contribution < -0.4 is 22.1 Å². The van der Waals surface area contributed by atoms with E-state index in [1.807, 2.05) is 7.05 Å². The van der Waals surface area contributed by atoms with Gasteiger partial charge in [-0.3, -0.25) is 4.79 Å². The molecule has 0 aliphatic rings. The molecule has 0 aromatic heterocycles. The number of nitrogens with two attached hydrogens (primary N) is 2. The zero-order chi connectivity index (χ0) is 13.5. The lowest BCUT2D eigenvalue weighted by Gasteiger charge is -2.16. The van der Waals surface area contributed by atoms with E-state index in [1.54, 1.807) is 6.07 Å². The number of amides is 1. The van der Waals surface area contributed by atoms with Gasteiger partial charge in [0.2, 0.25) is 0 Å². The van der Waals surface area contributed by atoms with Crippen molar-refractivity contribution in [3.63, 3.8) is 0 Å². The highest BCUT2D eigenvalue weighted by Gasteiger charge is 2.13. The van der Waals surface area contributed by atoms with E-state index in [4.69, 9.17) is 11.5 Å². The monoisotopic (exact) mass is 252 g/mol. The highest BCUT2D eigenvalue weighted by Crippen LogP contribution is 2.20. The van der Waals surface area contributed by atoms with Crippen molar-refractivity contribution in [1.82, 2.24) is 10.6 Å². The SMILES string of the molecule is CNCCC(CN)NC(=O)c1ccc(N)c(O)c1. The lowest BCUT2D eigenvalue weighted by Crippen LogP contribution is -2.41. The second-order valence-corrected chi connectivity index (χ2v) is 4.07. The number of nitrogen functional groups attached to an aromatic ring is 1. The minimum Gasteiger partial charge on any atom is -0.506 e. The summed E-state index contributed by atoms with van der Waals surface area (Å²) in [5.74, 6) is -0.362. The number of hydrogen-bond donors (Lipinski definition) is 5. The molecule has 1 aromatic carbocycles. The number of hydrogen-bond acceptors (Lipinski definition) is 5. The van der Waals surface area contributed by atoms with Crippen molar-refractivity contribution in [2.75, 3.05) is 25.9 Å². The molecule has 0 radical (unpaired) electrons. The average molecular weight is 252 g/mol. The van der Waals surface area contributed by atoms with Gasteiger partial charge in [0.1, 0.15) is 5.75 Å². The summed E-state index contributed by atoms with van der Waals surface area (Å²) in [5.41, 5.74) is 11.7. The van der Waals surface area contributed by atoms with Crippen molar-refractivity contribution in [2.45, 2.75) is 12.5 Å². The molecule has 7 N–H and O–H groups in total. The second-order valence-electron chi connectivity index (χ2n) is 4.07. The smallest absolute Gasteiger partial charge is 0.251 e. The summed E-state index contributed by atoms with van der Waals surface area (Å²) in [4.78, 5) is 11.9. The number of nitrogens with one attached hydrogen (secondary N) is 2. The van der Waals surface area contributed by atoms with E-state index in [9.17, 15) is 9.90 Å². The molecule has 0 spiro atoms. The van der Waals surface area contributed by atoms with Crippen LogP contribution in [0.3, 0.4) is 0 Å². The Bertz CT molecular complexity index is 409. The lowest BCUT2D eigenvalue weighted by atomic mass is 10.1. The first-order valence-corrected chi connectivity index (χ1v) is 5.82. The van der Waals surface area contributed by atoms with Crippen LogP contribution in [0.15, 0.2) is 18.2 Å². The van der Waals surface area contributed by atoms with Crippen molar-refractivity contribution in [3.05, 3.63) is 23.8 Å². The molecule has 0 aliphatic carbocycles. The first-order valence-electron chi connectivity index (χ1n) is 5.82. The van der Waals surface area contributed by atoms with Crippen LogP contribution in [0.1, 0.15) is 16.8 Å². The maximum Gasteiger partial charge on any atom is 0.251 e. The van der Waals surface area contributed by atoms with Crippen molar-refractivity contribution in [2.24, 2.45) is 5.73 Å². The molecule has 0 bridgehead atoms. The Morgan fingerprint density at radius 1 is 1.50 bits per heavy atom. The Balaban J connectivity index is 2.65. The van der Waals surface area contributed by atoms with Crippen LogP contribution >= 0.6 is 0 Å². The summed E-state index contributed by atoms with van der Waals surface area (Å²) in [6, 6.07) is 4.31. The fraction of sp³-hybridized carbons (Fsp3) is 0.417. The van der Waals surface area contributed by atoms with Crippen LogP contribution in [0.25, 0.3) is 0 Å².